The molecule has 0 atom stereocenters. The molecule has 1 fully saturated rings. The normalized spacial score (nSPS) is 19.1. The Morgan fingerprint density at radius 3 is 2.50 bits per heavy atom. The maximum absolute atomic E-state index is 6.07. The number of rotatable bonds is 3. The fraction of sp³-hybridized carbons (Fsp3) is 0.571. The largest absolute Gasteiger partial charge is 0.486 e. The highest BCUT2D eigenvalue weighted by Gasteiger charge is 2.18. The van der Waals surface area contributed by atoms with E-state index in [-0.39, 0.29) is 0 Å². The maximum atomic E-state index is 6.07. The Hall–Kier alpha value is -1.03. The van der Waals surface area contributed by atoms with Gasteiger partial charge in [0.2, 0.25) is 0 Å². The van der Waals surface area contributed by atoms with Gasteiger partial charge in [-0.2, -0.15) is 0 Å². The fourth-order valence-corrected chi connectivity index (χ4v) is 3.76. The van der Waals surface area contributed by atoms with Crippen molar-refractivity contribution in [3.8, 4) is 11.5 Å². The number of nitrogen functional groups attached to an aromatic ring is 1. The third-order valence-electron chi connectivity index (χ3n) is 3.62. The third-order valence-corrected chi connectivity index (χ3v) is 4.93. The van der Waals surface area contributed by atoms with E-state index in [4.69, 9.17) is 15.2 Å². The van der Waals surface area contributed by atoms with Crippen molar-refractivity contribution < 1.29 is 9.47 Å². The Kier molecular flexibility index (Phi) is 3.55. The second-order valence-corrected chi connectivity index (χ2v) is 6.06. The van der Waals surface area contributed by atoms with Crippen LogP contribution in [0.2, 0.25) is 0 Å². The van der Waals surface area contributed by atoms with Gasteiger partial charge in [0.15, 0.2) is 11.5 Å². The molecule has 0 bridgehead atoms. The highest BCUT2D eigenvalue weighted by Crippen LogP contribution is 2.40. The van der Waals surface area contributed by atoms with Gasteiger partial charge >= 0.3 is 0 Å². The van der Waals surface area contributed by atoms with Crippen molar-refractivity contribution in [2.75, 3.05) is 24.7 Å². The summed E-state index contributed by atoms with van der Waals surface area (Å²) >= 11 is 1.86. The SMILES string of the molecule is Nc1cc2c(cc1SCC1CCCC1)OCCO2. The molecule has 1 aromatic rings. The van der Waals surface area contributed by atoms with Gasteiger partial charge in [-0.15, -0.1) is 11.8 Å². The smallest absolute Gasteiger partial charge is 0.163 e. The standard InChI is InChI=1S/C14H19NO2S/c15-11-7-12-13(17-6-5-16-12)8-14(11)18-9-10-3-1-2-4-10/h7-8,10H,1-6,9,15H2. The van der Waals surface area contributed by atoms with Crippen LogP contribution in [0.25, 0.3) is 0 Å². The molecule has 2 N–H and O–H groups in total. The lowest BCUT2D eigenvalue weighted by molar-refractivity contribution is 0.171. The first-order chi connectivity index (χ1) is 8.83. The summed E-state index contributed by atoms with van der Waals surface area (Å²) in [5.41, 5.74) is 6.88. The number of benzene rings is 1. The highest BCUT2D eigenvalue weighted by molar-refractivity contribution is 7.99. The monoisotopic (exact) mass is 265 g/mol. The molecule has 98 valence electrons. The van der Waals surface area contributed by atoms with Crippen molar-refractivity contribution >= 4 is 17.4 Å². The molecule has 1 saturated carbocycles. The number of fused-ring (bicyclic) bond motifs is 1. The van der Waals surface area contributed by atoms with Gasteiger partial charge in [-0.25, -0.2) is 0 Å². The van der Waals surface area contributed by atoms with Gasteiger partial charge < -0.3 is 15.2 Å². The molecule has 1 aromatic carbocycles. The molecule has 1 aliphatic carbocycles. The fourth-order valence-electron chi connectivity index (χ4n) is 2.60. The summed E-state index contributed by atoms with van der Waals surface area (Å²) in [5, 5.41) is 0. The number of thioether (sulfide) groups is 1. The average Bonchev–Trinajstić information content (AvgIpc) is 2.89. The van der Waals surface area contributed by atoms with E-state index in [0.29, 0.717) is 13.2 Å². The topological polar surface area (TPSA) is 44.5 Å². The van der Waals surface area contributed by atoms with Gasteiger partial charge in [0.1, 0.15) is 13.2 Å². The van der Waals surface area contributed by atoms with E-state index < -0.39 is 0 Å². The predicted molar refractivity (Wildman–Crippen MR) is 74.5 cm³/mol. The number of nitrogens with two attached hydrogens (primary N) is 1. The lowest BCUT2D eigenvalue weighted by Gasteiger charge is -2.20. The minimum absolute atomic E-state index is 0.612. The van der Waals surface area contributed by atoms with Gasteiger partial charge in [0.05, 0.1) is 0 Å². The Balaban J connectivity index is 1.70. The van der Waals surface area contributed by atoms with Gasteiger partial charge in [-0.3, -0.25) is 0 Å². The van der Waals surface area contributed by atoms with Crippen LogP contribution in [0.3, 0.4) is 0 Å². The molecule has 2 aliphatic rings. The average molecular weight is 265 g/mol. The van der Waals surface area contributed by atoms with Crippen molar-refractivity contribution in [2.45, 2.75) is 30.6 Å². The number of hydrogen-bond donors (Lipinski definition) is 1. The molecule has 4 heteroatoms. The minimum Gasteiger partial charge on any atom is -0.486 e. The van der Waals surface area contributed by atoms with Crippen LogP contribution in [0.4, 0.5) is 5.69 Å². The molecule has 3 rings (SSSR count). The van der Waals surface area contributed by atoms with Crippen LogP contribution < -0.4 is 15.2 Å². The van der Waals surface area contributed by atoms with Crippen LogP contribution in [0, 0.1) is 5.92 Å². The predicted octanol–water partition coefficient (Wildman–Crippen LogP) is 3.32. The van der Waals surface area contributed by atoms with Crippen LogP contribution in [-0.4, -0.2) is 19.0 Å². The second kappa shape index (κ2) is 5.31. The van der Waals surface area contributed by atoms with Crippen molar-refractivity contribution in [1.29, 1.82) is 0 Å². The van der Waals surface area contributed by atoms with E-state index in [9.17, 15) is 0 Å². The molecule has 1 aliphatic heterocycles. The first-order valence-corrected chi connectivity index (χ1v) is 7.63. The lowest BCUT2D eigenvalue weighted by atomic mass is 10.1. The van der Waals surface area contributed by atoms with Crippen LogP contribution in [-0.2, 0) is 0 Å². The Morgan fingerprint density at radius 2 is 1.78 bits per heavy atom. The third kappa shape index (κ3) is 2.53. The summed E-state index contributed by atoms with van der Waals surface area (Å²) < 4.78 is 11.1. The van der Waals surface area contributed by atoms with Crippen molar-refractivity contribution in [2.24, 2.45) is 5.92 Å². The van der Waals surface area contributed by atoms with Crippen LogP contribution in [0.5, 0.6) is 11.5 Å². The first kappa shape index (κ1) is 12.0. The molecule has 0 saturated heterocycles. The number of ether oxygens (including phenoxy) is 2. The van der Waals surface area contributed by atoms with Gasteiger partial charge in [0.25, 0.3) is 0 Å². The summed E-state index contributed by atoms with van der Waals surface area (Å²) in [6, 6.07) is 3.93. The molecule has 0 spiro atoms. The molecule has 1 heterocycles. The maximum Gasteiger partial charge on any atom is 0.163 e. The van der Waals surface area contributed by atoms with Crippen LogP contribution in [0.15, 0.2) is 17.0 Å². The number of anilines is 1. The molecule has 0 radical (unpaired) electrons. The molecule has 0 amide bonds. The van der Waals surface area contributed by atoms with Gasteiger partial charge in [-0.05, 0) is 24.8 Å². The van der Waals surface area contributed by atoms with E-state index >= 15 is 0 Å². The van der Waals surface area contributed by atoms with E-state index in [1.807, 2.05) is 23.9 Å². The summed E-state index contributed by atoms with van der Waals surface area (Å²) in [4.78, 5) is 1.13. The van der Waals surface area contributed by atoms with Crippen LogP contribution >= 0.6 is 11.8 Å². The van der Waals surface area contributed by atoms with Crippen molar-refractivity contribution in [1.82, 2.24) is 0 Å². The molecule has 0 aromatic heterocycles. The number of hydrogen-bond acceptors (Lipinski definition) is 4. The molecular formula is C14H19NO2S. The van der Waals surface area contributed by atoms with E-state index in [0.717, 1.165) is 28.0 Å². The minimum atomic E-state index is 0.612. The zero-order valence-electron chi connectivity index (χ0n) is 10.5. The summed E-state index contributed by atoms with van der Waals surface area (Å²) in [5.74, 6) is 3.65. The van der Waals surface area contributed by atoms with E-state index in [1.165, 1.54) is 31.4 Å². The Bertz CT molecular complexity index is 430. The van der Waals surface area contributed by atoms with E-state index in [1.54, 1.807) is 0 Å². The zero-order chi connectivity index (χ0) is 12.4. The summed E-state index contributed by atoms with van der Waals surface area (Å²) in [6.07, 6.45) is 5.53. The van der Waals surface area contributed by atoms with Crippen LogP contribution in [0.1, 0.15) is 25.7 Å². The van der Waals surface area contributed by atoms with E-state index in [2.05, 4.69) is 0 Å². The Labute approximate surface area is 112 Å². The highest BCUT2D eigenvalue weighted by atomic mass is 32.2. The summed E-state index contributed by atoms with van der Waals surface area (Å²) in [7, 11) is 0. The van der Waals surface area contributed by atoms with Crippen molar-refractivity contribution in [3.63, 3.8) is 0 Å². The molecule has 18 heavy (non-hydrogen) atoms. The van der Waals surface area contributed by atoms with Crippen molar-refractivity contribution in [3.05, 3.63) is 12.1 Å². The Morgan fingerprint density at radius 1 is 1.11 bits per heavy atom. The quantitative estimate of drug-likeness (QED) is 0.672. The molecule has 0 unspecified atom stereocenters. The summed E-state index contributed by atoms with van der Waals surface area (Å²) in [6.45, 7) is 1.24. The van der Waals surface area contributed by atoms with Gasteiger partial charge in [0, 0.05) is 22.4 Å². The molecular weight excluding hydrogens is 246 g/mol. The second-order valence-electron chi connectivity index (χ2n) is 5.00. The first-order valence-electron chi connectivity index (χ1n) is 6.65. The molecule has 3 nitrogen and oxygen atoms in total. The lowest BCUT2D eigenvalue weighted by Crippen LogP contribution is -2.15. The van der Waals surface area contributed by atoms with Gasteiger partial charge in [-0.1, -0.05) is 12.8 Å². The zero-order valence-corrected chi connectivity index (χ0v) is 11.3.